The van der Waals surface area contributed by atoms with Gasteiger partial charge in [0, 0.05) is 24.8 Å². The van der Waals surface area contributed by atoms with E-state index in [0.717, 1.165) is 24.1 Å². The number of nitrogens with one attached hydrogen (secondary N) is 2. The maximum Gasteiger partial charge on any atom is 0.321 e. The fraction of sp³-hybridized carbons (Fsp3) is 0.562. The van der Waals surface area contributed by atoms with Gasteiger partial charge in [0.1, 0.15) is 0 Å². The van der Waals surface area contributed by atoms with Crippen LogP contribution in [0.25, 0.3) is 0 Å². The highest BCUT2D eigenvalue weighted by Gasteiger charge is 2.15. The maximum absolute atomic E-state index is 12.2. The Morgan fingerprint density at radius 2 is 2.05 bits per heavy atom. The van der Waals surface area contributed by atoms with Crippen molar-refractivity contribution < 1.29 is 4.79 Å². The molecular weight excluding hydrogens is 250 g/mol. The van der Waals surface area contributed by atoms with Gasteiger partial charge in [-0.15, -0.1) is 0 Å². The van der Waals surface area contributed by atoms with Crippen LogP contribution in [-0.4, -0.2) is 31.1 Å². The zero-order valence-corrected chi connectivity index (χ0v) is 13.2. The van der Waals surface area contributed by atoms with E-state index in [-0.39, 0.29) is 18.1 Å². The summed E-state index contributed by atoms with van der Waals surface area (Å²) in [5, 5.41) is 6.16. The Hall–Kier alpha value is -1.55. The molecular formula is C16H27N3O. The number of benzene rings is 1. The predicted octanol–water partition coefficient (Wildman–Crippen LogP) is 3.62. The van der Waals surface area contributed by atoms with Gasteiger partial charge in [0.2, 0.25) is 0 Å². The molecule has 0 radical (unpaired) electrons. The molecule has 1 aromatic rings. The normalized spacial score (nSPS) is 13.7. The summed E-state index contributed by atoms with van der Waals surface area (Å²) in [7, 11) is 3.77. The molecule has 2 unspecified atom stereocenters. The lowest BCUT2D eigenvalue weighted by Gasteiger charge is -2.25. The molecule has 112 valence electrons. The average Bonchev–Trinajstić information content (AvgIpc) is 2.46. The molecule has 0 bridgehead atoms. The number of hydrogen-bond acceptors (Lipinski definition) is 2. The quantitative estimate of drug-likeness (QED) is 0.834. The zero-order valence-electron chi connectivity index (χ0n) is 13.2. The van der Waals surface area contributed by atoms with E-state index in [4.69, 9.17) is 0 Å². The first-order valence-electron chi connectivity index (χ1n) is 7.30. The first-order valence-corrected chi connectivity index (χ1v) is 7.30. The largest absolute Gasteiger partial charge is 0.325 e. The van der Waals surface area contributed by atoms with Gasteiger partial charge >= 0.3 is 6.03 Å². The summed E-state index contributed by atoms with van der Waals surface area (Å²) in [6, 6.07) is 8.41. The molecule has 0 aromatic heterocycles. The molecule has 0 saturated heterocycles. The second-order valence-corrected chi connectivity index (χ2v) is 5.31. The molecule has 2 amide bonds. The van der Waals surface area contributed by atoms with Gasteiger partial charge in [0.25, 0.3) is 0 Å². The first kappa shape index (κ1) is 16.5. The van der Waals surface area contributed by atoms with Crippen molar-refractivity contribution in [3.05, 3.63) is 29.8 Å². The summed E-state index contributed by atoms with van der Waals surface area (Å²) < 4.78 is 0. The van der Waals surface area contributed by atoms with Crippen LogP contribution in [0.3, 0.4) is 0 Å². The smallest absolute Gasteiger partial charge is 0.321 e. The van der Waals surface area contributed by atoms with Crippen LogP contribution >= 0.6 is 0 Å². The minimum atomic E-state index is -0.0554. The molecule has 0 aliphatic carbocycles. The number of urea groups is 1. The summed E-state index contributed by atoms with van der Waals surface area (Å²) in [5.74, 6) is 0. The average molecular weight is 277 g/mol. The van der Waals surface area contributed by atoms with Gasteiger partial charge in [0.15, 0.2) is 0 Å². The molecule has 2 atom stereocenters. The van der Waals surface area contributed by atoms with Crippen LogP contribution in [0.15, 0.2) is 24.3 Å². The zero-order chi connectivity index (χ0) is 15.1. The standard InChI is InChI=1S/C16H27N3O/c1-6-8-12(2)19(5)16(20)18-15-10-7-9-14(11-15)13(3)17-4/h7,9-13,17H,6,8H2,1-5H3,(H,18,20). The van der Waals surface area contributed by atoms with Crippen LogP contribution in [0, 0.1) is 0 Å². The van der Waals surface area contributed by atoms with Gasteiger partial charge in [-0.25, -0.2) is 4.79 Å². The molecule has 0 aliphatic rings. The minimum Gasteiger partial charge on any atom is -0.325 e. The molecule has 1 rings (SSSR count). The SMILES string of the molecule is CCCC(C)N(C)C(=O)Nc1cccc(C(C)NC)c1. The molecule has 4 heteroatoms. The highest BCUT2D eigenvalue weighted by atomic mass is 16.2. The number of hydrogen-bond donors (Lipinski definition) is 2. The highest BCUT2D eigenvalue weighted by Crippen LogP contribution is 2.17. The van der Waals surface area contributed by atoms with E-state index < -0.39 is 0 Å². The third-order valence-corrected chi connectivity index (χ3v) is 3.76. The lowest BCUT2D eigenvalue weighted by molar-refractivity contribution is 0.205. The second-order valence-electron chi connectivity index (χ2n) is 5.31. The van der Waals surface area contributed by atoms with Gasteiger partial charge in [-0.05, 0) is 45.0 Å². The van der Waals surface area contributed by atoms with Crippen molar-refractivity contribution in [3.8, 4) is 0 Å². The third kappa shape index (κ3) is 4.53. The molecule has 0 spiro atoms. The van der Waals surface area contributed by atoms with Crippen molar-refractivity contribution in [2.75, 3.05) is 19.4 Å². The van der Waals surface area contributed by atoms with Gasteiger partial charge < -0.3 is 15.5 Å². The van der Waals surface area contributed by atoms with E-state index >= 15 is 0 Å². The first-order chi connectivity index (χ1) is 9.49. The highest BCUT2D eigenvalue weighted by molar-refractivity contribution is 5.89. The van der Waals surface area contributed by atoms with Crippen molar-refractivity contribution in [3.63, 3.8) is 0 Å². The van der Waals surface area contributed by atoms with Crippen LogP contribution in [0.1, 0.15) is 45.2 Å². The van der Waals surface area contributed by atoms with E-state index in [0.29, 0.717) is 0 Å². The Morgan fingerprint density at radius 3 is 2.65 bits per heavy atom. The Kier molecular flexibility index (Phi) is 6.52. The summed E-state index contributed by atoms with van der Waals surface area (Å²) in [6.45, 7) is 6.30. The molecule has 0 heterocycles. The Bertz CT molecular complexity index is 433. The van der Waals surface area contributed by atoms with E-state index in [1.165, 1.54) is 0 Å². The lowest BCUT2D eigenvalue weighted by Crippen LogP contribution is -2.38. The molecule has 20 heavy (non-hydrogen) atoms. The number of carbonyl (C=O) groups is 1. The molecule has 2 N–H and O–H groups in total. The molecule has 0 fully saturated rings. The van der Waals surface area contributed by atoms with Crippen molar-refractivity contribution in [2.24, 2.45) is 0 Å². The second kappa shape index (κ2) is 7.90. The van der Waals surface area contributed by atoms with Gasteiger partial charge in [-0.2, -0.15) is 0 Å². The Balaban J connectivity index is 2.70. The maximum atomic E-state index is 12.2. The number of amides is 2. The van der Waals surface area contributed by atoms with Crippen LogP contribution in [0.2, 0.25) is 0 Å². The van der Waals surface area contributed by atoms with Crippen LogP contribution in [-0.2, 0) is 0 Å². The summed E-state index contributed by atoms with van der Waals surface area (Å²) in [5.41, 5.74) is 2.00. The van der Waals surface area contributed by atoms with Crippen molar-refractivity contribution >= 4 is 11.7 Å². The molecule has 0 aliphatic heterocycles. The van der Waals surface area contributed by atoms with E-state index in [2.05, 4.69) is 37.5 Å². The predicted molar refractivity (Wildman–Crippen MR) is 85.1 cm³/mol. The van der Waals surface area contributed by atoms with Crippen LogP contribution < -0.4 is 10.6 Å². The van der Waals surface area contributed by atoms with E-state index in [9.17, 15) is 4.79 Å². The van der Waals surface area contributed by atoms with Gasteiger partial charge in [-0.3, -0.25) is 0 Å². The minimum absolute atomic E-state index is 0.0554. The Labute approximate surface area is 122 Å². The summed E-state index contributed by atoms with van der Waals surface area (Å²) in [4.78, 5) is 13.9. The van der Waals surface area contributed by atoms with E-state index in [1.54, 1.807) is 4.90 Å². The third-order valence-electron chi connectivity index (χ3n) is 3.76. The Morgan fingerprint density at radius 1 is 1.35 bits per heavy atom. The molecule has 4 nitrogen and oxygen atoms in total. The summed E-state index contributed by atoms with van der Waals surface area (Å²) in [6.07, 6.45) is 2.09. The van der Waals surface area contributed by atoms with Crippen LogP contribution in [0.4, 0.5) is 10.5 Å². The number of rotatable bonds is 6. The lowest BCUT2D eigenvalue weighted by atomic mass is 10.1. The fourth-order valence-corrected chi connectivity index (χ4v) is 2.08. The molecule has 1 aromatic carbocycles. The van der Waals surface area contributed by atoms with Crippen molar-refractivity contribution in [2.45, 2.75) is 45.7 Å². The van der Waals surface area contributed by atoms with Crippen molar-refractivity contribution in [1.29, 1.82) is 0 Å². The summed E-state index contributed by atoms with van der Waals surface area (Å²) >= 11 is 0. The topological polar surface area (TPSA) is 44.4 Å². The fourth-order valence-electron chi connectivity index (χ4n) is 2.08. The number of nitrogens with zero attached hydrogens (tertiary/aromatic N) is 1. The number of anilines is 1. The van der Waals surface area contributed by atoms with Crippen molar-refractivity contribution in [1.82, 2.24) is 10.2 Å². The molecule has 0 saturated carbocycles. The van der Waals surface area contributed by atoms with Crippen LogP contribution in [0.5, 0.6) is 0 Å². The van der Waals surface area contributed by atoms with Gasteiger partial charge in [-0.1, -0.05) is 25.5 Å². The monoisotopic (exact) mass is 277 g/mol. The number of carbonyl (C=O) groups excluding carboxylic acids is 1. The van der Waals surface area contributed by atoms with Gasteiger partial charge in [0.05, 0.1) is 0 Å². The van der Waals surface area contributed by atoms with E-state index in [1.807, 2.05) is 32.3 Å².